The van der Waals surface area contributed by atoms with E-state index in [0.29, 0.717) is 0 Å². The lowest BCUT2D eigenvalue weighted by molar-refractivity contribution is 0.266. The van der Waals surface area contributed by atoms with E-state index in [2.05, 4.69) is 20.8 Å². The van der Waals surface area contributed by atoms with Gasteiger partial charge >= 0.3 is 0 Å². The topological polar surface area (TPSA) is 43.7 Å². The van der Waals surface area contributed by atoms with Crippen molar-refractivity contribution in [1.29, 1.82) is 0 Å². The number of hydrogen-bond acceptors (Lipinski definition) is 3. The van der Waals surface area contributed by atoms with Crippen LogP contribution in [0.15, 0.2) is 22.7 Å². The lowest BCUT2D eigenvalue weighted by Crippen LogP contribution is -2.32. The first-order valence-electron chi connectivity index (χ1n) is 5.53. The molecular weight excluding hydrogens is 270 g/mol. The van der Waals surface area contributed by atoms with Gasteiger partial charge in [0, 0.05) is 11.0 Å². The van der Waals surface area contributed by atoms with Crippen LogP contribution in [0.2, 0.25) is 0 Å². The fourth-order valence-corrected chi connectivity index (χ4v) is 2.88. The zero-order chi connectivity index (χ0) is 11.5. The predicted octanol–water partition coefficient (Wildman–Crippen LogP) is 1.90. The van der Waals surface area contributed by atoms with Gasteiger partial charge in [-0.05, 0) is 46.5 Å². The molecule has 1 aromatic rings. The van der Waals surface area contributed by atoms with Crippen LogP contribution in [0.5, 0.6) is 0 Å². The molecule has 0 bridgehead atoms. The van der Waals surface area contributed by atoms with Crippen LogP contribution in [0, 0.1) is 0 Å². The van der Waals surface area contributed by atoms with Gasteiger partial charge in [-0.25, -0.2) is 0 Å². The summed E-state index contributed by atoms with van der Waals surface area (Å²) in [4.78, 5) is 2.23. The number of hydrogen-bond donors (Lipinski definition) is 2. The average Bonchev–Trinajstić information content (AvgIpc) is 2.76. The van der Waals surface area contributed by atoms with Crippen molar-refractivity contribution in [2.45, 2.75) is 25.5 Å². The Labute approximate surface area is 104 Å². The number of anilines is 1. The van der Waals surface area contributed by atoms with E-state index in [1.807, 2.05) is 18.2 Å². The summed E-state index contributed by atoms with van der Waals surface area (Å²) in [7, 11) is 0. The van der Waals surface area contributed by atoms with E-state index in [4.69, 9.17) is 5.11 Å². The standard InChI is InChI=1S/C12H16BrNO2/c13-11-6-9(7-15)3-4-12(11)14-5-1-2-10(14)8-16/h3-4,6,10,15-16H,1-2,5,7-8H2. The molecule has 2 N–H and O–H groups in total. The van der Waals surface area contributed by atoms with Crippen molar-refractivity contribution in [2.24, 2.45) is 0 Å². The Kier molecular flexibility index (Phi) is 3.84. The summed E-state index contributed by atoms with van der Waals surface area (Å²) >= 11 is 3.52. The number of benzene rings is 1. The van der Waals surface area contributed by atoms with Gasteiger partial charge in [-0.2, -0.15) is 0 Å². The summed E-state index contributed by atoms with van der Waals surface area (Å²) in [6, 6.07) is 6.09. The zero-order valence-corrected chi connectivity index (χ0v) is 10.7. The van der Waals surface area contributed by atoms with E-state index in [0.717, 1.165) is 35.1 Å². The van der Waals surface area contributed by atoms with Gasteiger partial charge in [0.15, 0.2) is 0 Å². The molecule has 0 amide bonds. The summed E-state index contributed by atoms with van der Waals surface area (Å²) in [5.74, 6) is 0. The Bertz CT molecular complexity index is 370. The highest BCUT2D eigenvalue weighted by Crippen LogP contribution is 2.32. The SMILES string of the molecule is OCc1ccc(N2CCCC2CO)c(Br)c1. The van der Waals surface area contributed by atoms with Gasteiger partial charge in [-0.3, -0.25) is 0 Å². The first-order valence-corrected chi connectivity index (χ1v) is 6.32. The molecule has 1 atom stereocenters. The van der Waals surface area contributed by atoms with Crippen molar-refractivity contribution in [1.82, 2.24) is 0 Å². The van der Waals surface area contributed by atoms with Crippen LogP contribution >= 0.6 is 15.9 Å². The number of nitrogens with zero attached hydrogens (tertiary/aromatic N) is 1. The smallest absolute Gasteiger partial charge is 0.0682 e. The Morgan fingerprint density at radius 1 is 1.38 bits per heavy atom. The molecule has 1 aromatic carbocycles. The van der Waals surface area contributed by atoms with Crippen LogP contribution in [0.3, 0.4) is 0 Å². The number of halogens is 1. The molecular formula is C12H16BrNO2. The van der Waals surface area contributed by atoms with Gasteiger partial charge < -0.3 is 15.1 Å². The zero-order valence-electron chi connectivity index (χ0n) is 9.06. The molecule has 88 valence electrons. The van der Waals surface area contributed by atoms with Crippen molar-refractivity contribution in [3.63, 3.8) is 0 Å². The van der Waals surface area contributed by atoms with Crippen LogP contribution in [0.25, 0.3) is 0 Å². The highest BCUT2D eigenvalue weighted by molar-refractivity contribution is 9.10. The van der Waals surface area contributed by atoms with Crippen molar-refractivity contribution in [3.8, 4) is 0 Å². The van der Waals surface area contributed by atoms with E-state index in [-0.39, 0.29) is 19.3 Å². The average molecular weight is 286 g/mol. The highest BCUT2D eigenvalue weighted by Gasteiger charge is 2.25. The molecule has 16 heavy (non-hydrogen) atoms. The highest BCUT2D eigenvalue weighted by atomic mass is 79.9. The third-order valence-electron chi connectivity index (χ3n) is 3.09. The molecule has 1 unspecified atom stereocenters. The molecule has 0 spiro atoms. The summed E-state index contributed by atoms with van der Waals surface area (Å²) in [5, 5.41) is 18.3. The molecule has 1 aliphatic rings. The Morgan fingerprint density at radius 2 is 2.19 bits per heavy atom. The molecule has 2 rings (SSSR count). The molecule has 1 fully saturated rings. The molecule has 0 radical (unpaired) electrons. The second-order valence-corrected chi connectivity index (χ2v) is 4.97. The molecule has 1 heterocycles. The monoisotopic (exact) mass is 285 g/mol. The summed E-state index contributed by atoms with van der Waals surface area (Å²) in [6.07, 6.45) is 2.17. The minimum atomic E-state index is 0.0578. The van der Waals surface area contributed by atoms with E-state index >= 15 is 0 Å². The van der Waals surface area contributed by atoms with Crippen LogP contribution in [0.4, 0.5) is 5.69 Å². The molecule has 3 nitrogen and oxygen atoms in total. The Balaban J connectivity index is 2.26. The predicted molar refractivity (Wildman–Crippen MR) is 67.5 cm³/mol. The van der Waals surface area contributed by atoms with Crippen LogP contribution < -0.4 is 4.90 Å². The molecule has 1 aliphatic heterocycles. The second-order valence-electron chi connectivity index (χ2n) is 4.12. The van der Waals surface area contributed by atoms with Crippen LogP contribution in [-0.2, 0) is 6.61 Å². The van der Waals surface area contributed by atoms with Gasteiger partial charge in [0.1, 0.15) is 0 Å². The molecule has 0 aliphatic carbocycles. The molecule has 4 heteroatoms. The maximum absolute atomic E-state index is 9.29. The largest absolute Gasteiger partial charge is 0.394 e. The number of aliphatic hydroxyl groups is 2. The van der Waals surface area contributed by atoms with Crippen molar-refractivity contribution < 1.29 is 10.2 Å². The van der Waals surface area contributed by atoms with Gasteiger partial charge in [0.2, 0.25) is 0 Å². The fraction of sp³-hybridized carbons (Fsp3) is 0.500. The molecule has 0 aromatic heterocycles. The number of rotatable bonds is 3. The summed E-state index contributed by atoms with van der Waals surface area (Å²) in [5.41, 5.74) is 2.00. The van der Waals surface area contributed by atoms with Crippen LogP contribution in [0.1, 0.15) is 18.4 Å². The minimum absolute atomic E-state index is 0.0578. The normalized spacial score (nSPS) is 20.4. The van der Waals surface area contributed by atoms with Gasteiger partial charge in [-0.15, -0.1) is 0 Å². The summed E-state index contributed by atoms with van der Waals surface area (Å²) < 4.78 is 0.986. The molecule has 0 saturated carbocycles. The van der Waals surface area contributed by atoms with Crippen molar-refractivity contribution >= 4 is 21.6 Å². The third kappa shape index (κ3) is 2.24. The maximum Gasteiger partial charge on any atom is 0.0682 e. The van der Waals surface area contributed by atoms with E-state index in [1.54, 1.807) is 0 Å². The lowest BCUT2D eigenvalue weighted by Gasteiger charge is -2.26. The van der Waals surface area contributed by atoms with E-state index in [1.165, 1.54) is 0 Å². The summed E-state index contributed by atoms with van der Waals surface area (Å²) in [6.45, 7) is 1.25. The quantitative estimate of drug-likeness (QED) is 0.892. The van der Waals surface area contributed by atoms with Crippen LogP contribution in [-0.4, -0.2) is 29.4 Å². The lowest BCUT2D eigenvalue weighted by atomic mass is 10.2. The van der Waals surface area contributed by atoms with Crippen molar-refractivity contribution in [3.05, 3.63) is 28.2 Å². The first-order chi connectivity index (χ1) is 7.76. The van der Waals surface area contributed by atoms with Gasteiger partial charge in [-0.1, -0.05) is 6.07 Å². The van der Waals surface area contributed by atoms with E-state index in [9.17, 15) is 5.11 Å². The fourth-order valence-electron chi connectivity index (χ4n) is 2.22. The first kappa shape index (κ1) is 11.9. The minimum Gasteiger partial charge on any atom is -0.394 e. The third-order valence-corrected chi connectivity index (χ3v) is 3.73. The Morgan fingerprint density at radius 3 is 2.81 bits per heavy atom. The number of aliphatic hydroxyl groups excluding tert-OH is 2. The van der Waals surface area contributed by atoms with E-state index < -0.39 is 0 Å². The van der Waals surface area contributed by atoms with Gasteiger partial charge in [0.25, 0.3) is 0 Å². The maximum atomic E-state index is 9.29. The molecule has 1 saturated heterocycles. The van der Waals surface area contributed by atoms with Gasteiger partial charge in [0.05, 0.1) is 24.9 Å². The van der Waals surface area contributed by atoms with Crippen molar-refractivity contribution in [2.75, 3.05) is 18.1 Å². The second kappa shape index (κ2) is 5.17. The Hall–Kier alpha value is -0.580.